The van der Waals surface area contributed by atoms with E-state index in [1.54, 1.807) is 6.07 Å². The van der Waals surface area contributed by atoms with Gasteiger partial charge in [0.25, 0.3) is 0 Å². The molecule has 0 atom stereocenters. The molecule has 4 nitrogen and oxygen atoms in total. The summed E-state index contributed by atoms with van der Waals surface area (Å²) < 4.78 is 4.47. The largest absolute Gasteiger partial charge is 0.464 e. The zero-order valence-corrected chi connectivity index (χ0v) is 10.3. The van der Waals surface area contributed by atoms with Gasteiger partial charge in [0.1, 0.15) is 0 Å². The van der Waals surface area contributed by atoms with Crippen LogP contribution in [-0.2, 0) is 16.0 Å². The average molecular weight is 256 g/mol. The van der Waals surface area contributed by atoms with Crippen LogP contribution in [0.3, 0.4) is 0 Å². The molecule has 92 valence electrons. The summed E-state index contributed by atoms with van der Waals surface area (Å²) in [7, 11) is 1.25. The summed E-state index contributed by atoms with van der Waals surface area (Å²) in [6.45, 7) is 0. The third-order valence-corrected chi connectivity index (χ3v) is 2.54. The van der Waals surface area contributed by atoms with Gasteiger partial charge in [0.05, 0.1) is 7.11 Å². The van der Waals surface area contributed by atoms with Crippen molar-refractivity contribution in [1.82, 2.24) is 0 Å². The lowest BCUT2D eigenvalue weighted by Crippen LogP contribution is -2.15. The Balaban J connectivity index is 2.45. The highest BCUT2D eigenvalue weighted by atomic mass is 35.5. The minimum atomic E-state index is -0.599. The molecule has 0 bridgehead atoms. The topological polar surface area (TPSA) is 58.9 Å². The molecule has 0 unspecified atom stereocenters. The molecule has 1 aromatic carbocycles. The summed E-state index contributed by atoms with van der Waals surface area (Å²) in [6.07, 6.45) is 1.82. The maximum absolute atomic E-state index is 11.1. The van der Waals surface area contributed by atoms with Crippen molar-refractivity contribution in [2.45, 2.75) is 19.3 Å². The Kier molecular flexibility index (Phi) is 5.49. The lowest BCUT2D eigenvalue weighted by molar-refractivity contribution is -0.133. The molecule has 0 aliphatic carbocycles. The van der Waals surface area contributed by atoms with E-state index in [0.717, 1.165) is 12.0 Å². The van der Waals surface area contributed by atoms with Crippen molar-refractivity contribution >= 4 is 23.3 Å². The molecule has 0 saturated carbocycles. The van der Waals surface area contributed by atoms with E-state index >= 15 is 0 Å². The maximum atomic E-state index is 11.1. The first-order chi connectivity index (χ1) is 8.17. The predicted octanol–water partition coefficient (Wildman–Crippen LogP) is 2.67. The van der Waals surface area contributed by atoms with Crippen molar-refractivity contribution in [2.24, 2.45) is 5.16 Å². The molecule has 0 fully saturated rings. The number of aryl methyl sites for hydroxylation is 1. The number of oxime groups is 1. The summed E-state index contributed by atoms with van der Waals surface area (Å²) in [5.74, 6) is -0.599. The number of benzene rings is 1. The molecule has 1 aromatic rings. The molecule has 0 spiro atoms. The molecule has 17 heavy (non-hydrogen) atoms. The molecular weight excluding hydrogens is 242 g/mol. The summed E-state index contributed by atoms with van der Waals surface area (Å²) in [6, 6.07) is 7.51. The van der Waals surface area contributed by atoms with E-state index in [4.69, 9.17) is 16.8 Å². The van der Waals surface area contributed by atoms with E-state index in [9.17, 15) is 4.79 Å². The van der Waals surface area contributed by atoms with E-state index in [1.807, 2.05) is 18.2 Å². The quantitative estimate of drug-likeness (QED) is 0.381. The third kappa shape index (κ3) is 4.44. The molecule has 0 heterocycles. The first-order valence-electron chi connectivity index (χ1n) is 5.21. The minimum Gasteiger partial charge on any atom is -0.464 e. The van der Waals surface area contributed by atoms with Crippen molar-refractivity contribution in [1.29, 1.82) is 0 Å². The van der Waals surface area contributed by atoms with Crippen molar-refractivity contribution in [3.63, 3.8) is 0 Å². The van der Waals surface area contributed by atoms with Gasteiger partial charge in [-0.1, -0.05) is 28.9 Å². The average Bonchev–Trinajstić information content (AvgIpc) is 2.34. The summed E-state index contributed by atoms with van der Waals surface area (Å²) in [5.41, 5.74) is 1.12. The number of hydrogen-bond donors (Lipinski definition) is 1. The van der Waals surface area contributed by atoms with Crippen LogP contribution < -0.4 is 0 Å². The maximum Gasteiger partial charge on any atom is 0.355 e. The zero-order valence-electron chi connectivity index (χ0n) is 9.52. The fourth-order valence-electron chi connectivity index (χ4n) is 1.46. The number of hydrogen-bond acceptors (Lipinski definition) is 4. The van der Waals surface area contributed by atoms with Crippen LogP contribution in [0.15, 0.2) is 29.4 Å². The van der Waals surface area contributed by atoms with Gasteiger partial charge >= 0.3 is 5.97 Å². The van der Waals surface area contributed by atoms with Gasteiger partial charge in [0.2, 0.25) is 0 Å². The Bertz CT molecular complexity index is 418. The molecule has 0 aliphatic heterocycles. The first kappa shape index (κ1) is 13.5. The number of esters is 1. The van der Waals surface area contributed by atoms with Crippen LogP contribution in [0, 0.1) is 0 Å². The Morgan fingerprint density at radius 3 is 2.88 bits per heavy atom. The summed E-state index contributed by atoms with van der Waals surface area (Å²) in [5, 5.41) is 12.2. The Morgan fingerprint density at radius 2 is 2.29 bits per heavy atom. The van der Waals surface area contributed by atoms with E-state index in [0.29, 0.717) is 17.9 Å². The van der Waals surface area contributed by atoms with Crippen LogP contribution >= 0.6 is 11.6 Å². The second-order valence-electron chi connectivity index (χ2n) is 3.52. The van der Waals surface area contributed by atoms with Crippen molar-refractivity contribution in [3.05, 3.63) is 34.9 Å². The van der Waals surface area contributed by atoms with Crippen LogP contribution in [0.4, 0.5) is 0 Å². The van der Waals surface area contributed by atoms with Gasteiger partial charge in [-0.15, -0.1) is 0 Å². The Labute approximate surface area is 105 Å². The van der Waals surface area contributed by atoms with Crippen LogP contribution in [0.1, 0.15) is 18.4 Å². The van der Waals surface area contributed by atoms with E-state index < -0.39 is 5.97 Å². The fourth-order valence-corrected chi connectivity index (χ4v) is 1.68. The molecule has 0 radical (unpaired) electrons. The molecule has 0 aromatic heterocycles. The first-order valence-corrected chi connectivity index (χ1v) is 5.59. The van der Waals surface area contributed by atoms with Gasteiger partial charge in [-0.3, -0.25) is 0 Å². The predicted molar refractivity (Wildman–Crippen MR) is 65.6 cm³/mol. The van der Waals surface area contributed by atoms with Crippen molar-refractivity contribution in [2.75, 3.05) is 7.11 Å². The van der Waals surface area contributed by atoms with Crippen molar-refractivity contribution in [3.8, 4) is 0 Å². The van der Waals surface area contributed by atoms with Crippen LogP contribution in [0.5, 0.6) is 0 Å². The van der Waals surface area contributed by atoms with Gasteiger partial charge in [-0.2, -0.15) is 0 Å². The van der Waals surface area contributed by atoms with Crippen LogP contribution in [-0.4, -0.2) is 24.0 Å². The highest BCUT2D eigenvalue weighted by Gasteiger charge is 2.11. The number of nitrogens with zero attached hydrogens (tertiary/aromatic N) is 1. The van der Waals surface area contributed by atoms with E-state index in [-0.39, 0.29) is 5.71 Å². The van der Waals surface area contributed by atoms with Crippen LogP contribution in [0.2, 0.25) is 5.02 Å². The number of rotatable bonds is 5. The molecule has 0 saturated heterocycles. The minimum absolute atomic E-state index is 0.0366. The summed E-state index contributed by atoms with van der Waals surface area (Å²) in [4.78, 5) is 11.1. The van der Waals surface area contributed by atoms with Gasteiger partial charge in [-0.05, 0) is 30.5 Å². The number of carbonyl (C=O) groups is 1. The fraction of sp³-hybridized carbons (Fsp3) is 0.333. The Hall–Kier alpha value is -1.55. The number of carbonyl (C=O) groups excluding carboxylic acids is 1. The third-order valence-electron chi connectivity index (χ3n) is 2.31. The number of ether oxygens (including phenoxy) is 1. The molecule has 1 N–H and O–H groups in total. The standard InChI is InChI=1S/C12H14ClNO3/c1-17-12(15)11(14-16)7-3-5-9-4-2-6-10(13)8-9/h2,4,6,8,16H,3,5,7H2,1H3/b14-11-. The van der Waals surface area contributed by atoms with Gasteiger partial charge < -0.3 is 9.94 Å². The molecular formula is C12H14ClNO3. The SMILES string of the molecule is COC(=O)/C(CCCc1cccc(Cl)c1)=N\O. The highest BCUT2D eigenvalue weighted by molar-refractivity contribution is 6.36. The number of halogens is 1. The summed E-state index contributed by atoms with van der Waals surface area (Å²) >= 11 is 5.85. The molecule has 0 aliphatic rings. The van der Waals surface area contributed by atoms with Crippen LogP contribution in [0.25, 0.3) is 0 Å². The van der Waals surface area contributed by atoms with E-state index in [2.05, 4.69) is 9.89 Å². The second kappa shape index (κ2) is 6.91. The van der Waals surface area contributed by atoms with Gasteiger partial charge in [0.15, 0.2) is 5.71 Å². The Morgan fingerprint density at radius 1 is 1.53 bits per heavy atom. The smallest absolute Gasteiger partial charge is 0.355 e. The zero-order chi connectivity index (χ0) is 12.7. The van der Waals surface area contributed by atoms with E-state index in [1.165, 1.54) is 7.11 Å². The van der Waals surface area contributed by atoms with Gasteiger partial charge in [-0.25, -0.2) is 4.79 Å². The highest BCUT2D eigenvalue weighted by Crippen LogP contribution is 2.13. The lowest BCUT2D eigenvalue weighted by atomic mass is 10.1. The normalized spacial score (nSPS) is 11.3. The monoisotopic (exact) mass is 255 g/mol. The number of methoxy groups -OCH3 is 1. The molecule has 0 amide bonds. The molecule has 5 heteroatoms. The van der Waals surface area contributed by atoms with Crippen molar-refractivity contribution < 1.29 is 14.7 Å². The lowest BCUT2D eigenvalue weighted by Gasteiger charge is -2.03. The molecule has 1 rings (SSSR count). The second-order valence-corrected chi connectivity index (χ2v) is 3.96. The van der Waals surface area contributed by atoms with Gasteiger partial charge in [0, 0.05) is 11.4 Å².